The summed E-state index contributed by atoms with van der Waals surface area (Å²) in [5.74, 6) is 1.07. The van der Waals surface area contributed by atoms with Gasteiger partial charge in [-0.25, -0.2) is 0 Å². The Morgan fingerprint density at radius 3 is 2.52 bits per heavy atom. The smallest absolute Gasteiger partial charge is 0.219 e. The van der Waals surface area contributed by atoms with Crippen LogP contribution < -0.4 is 5.32 Å². The molecule has 0 bridgehead atoms. The molecule has 1 N–H and O–H groups in total. The van der Waals surface area contributed by atoms with E-state index in [-0.39, 0.29) is 10.9 Å². The first kappa shape index (κ1) is 21.2. The van der Waals surface area contributed by atoms with Gasteiger partial charge in [0.05, 0.1) is 5.57 Å². The van der Waals surface area contributed by atoms with Crippen LogP contribution in [0.1, 0.15) is 47.0 Å². The molecule has 4 rings (SSSR count). The molecular formula is C26H25NO3S. The fourth-order valence-corrected chi connectivity index (χ4v) is 4.81. The summed E-state index contributed by atoms with van der Waals surface area (Å²) in [6.45, 7) is 3.97. The van der Waals surface area contributed by atoms with Crippen molar-refractivity contribution in [1.82, 2.24) is 5.32 Å². The van der Waals surface area contributed by atoms with E-state index in [1.54, 1.807) is 7.05 Å². The maximum absolute atomic E-state index is 13.7. The number of rotatable bonds is 6. The minimum atomic E-state index is -0.724. The van der Waals surface area contributed by atoms with Crippen LogP contribution in [0.5, 0.6) is 0 Å². The summed E-state index contributed by atoms with van der Waals surface area (Å²) in [4.78, 5) is 26.4. The van der Waals surface area contributed by atoms with E-state index in [4.69, 9.17) is 4.74 Å². The molecular weight excluding hydrogens is 406 g/mol. The average Bonchev–Trinajstić information content (AvgIpc) is 3.14. The summed E-state index contributed by atoms with van der Waals surface area (Å²) in [7, 11) is 1.75. The van der Waals surface area contributed by atoms with Gasteiger partial charge in [-0.2, -0.15) is 0 Å². The van der Waals surface area contributed by atoms with Crippen molar-refractivity contribution in [2.24, 2.45) is 0 Å². The molecule has 3 aromatic rings. The van der Waals surface area contributed by atoms with Gasteiger partial charge in [-0.1, -0.05) is 86.3 Å². The molecule has 0 amide bonds. The number of benzene rings is 3. The molecule has 1 atom stereocenters. The lowest BCUT2D eigenvalue weighted by Gasteiger charge is -2.14. The van der Waals surface area contributed by atoms with E-state index in [0.717, 1.165) is 27.5 Å². The second kappa shape index (κ2) is 8.98. The van der Waals surface area contributed by atoms with Crippen molar-refractivity contribution in [2.75, 3.05) is 12.8 Å². The van der Waals surface area contributed by atoms with Gasteiger partial charge in [0, 0.05) is 18.2 Å². The standard InChI is InChI=1S/C26H25NO3S/c1-4-17-19(13-9-15-21(17)26(29)31-5-2)22-23(28)24(30-25(22)27-3)20-14-8-11-16-10-6-7-12-18(16)20/h6-15,24,27H,4-5H2,1-3H3. The monoisotopic (exact) mass is 431 g/mol. The Hall–Kier alpha value is -3.05. The quantitative estimate of drug-likeness (QED) is 0.557. The van der Waals surface area contributed by atoms with Crippen LogP contribution in [0, 0.1) is 0 Å². The van der Waals surface area contributed by atoms with Crippen LogP contribution in [0.4, 0.5) is 0 Å². The minimum Gasteiger partial charge on any atom is -0.462 e. The Morgan fingerprint density at radius 2 is 1.77 bits per heavy atom. The molecule has 0 spiro atoms. The fourth-order valence-electron chi connectivity index (χ4n) is 4.20. The van der Waals surface area contributed by atoms with Crippen LogP contribution >= 0.6 is 11.8 Å². The molecule has 158 valence electrons. The number of carbonyl (C=O) groups is 2. The Kier molecular flexibility index (Phi) is 6.14. The summed E-state index contributed by atoms with van der Waals surface area (Å²) in [5.41, 5.74) is 3.66. The highest BCUT2D eigenvalue weighted by molar-refractivity contribution is 8.14. The molecule has 5 heteroatoms. The van der Waals surface area contributed by atoms with Crippen molar-refractivity contribution in [3.63, 3.8) is 0 Å². The van der Waals surface area contributed by atoms with Gasteiger partial charge in [0.25, 0.3) is 0 Å². The molecule has 0 fully saturated rings. The van der Waals surface area contributed by atoms with Gasteiger partial charge in [-0.05, 0) is 34.1 Å². The highest BCUT2D eigenvalue weighted by Gasteiger charge is 2.38. The van der Waals surface area contributed by atoms with Gasteiger partial charge >= 0.3 is 0 Å². The van der Waals surface area contributed by atoms with Gasteiger partial charge in [0.2, 0.25) is 10.9 Å². The molecule has 0 aromatic heterocycles. The molecule has 3 aromatic carbocycles. The molecule has 1 aliphatic heterocycles. The number of ether oxygens (including phenoxy) is 1. The zero-order valence-corrected chi connectivity index (χ0v) is 18.7. The number of Topliss-reactive ketones (excluding diaryl/α,β-unsaturated/α-hetero) is 1. The SMILES string of the molecule is CCSC(=O)c1cccc(C2=C(NC)OC(c3cccc4ccccc34)C2=O)c1CC. The Bertz CT molecular complexity index is 1190. The number of fused-ring (bicyclic) bond motifs is 1. The van der Waals surface area contributed by atoms with E-state index in [0.29, 0.717) is 29.2 Å². The lowest BCUT2D eigenvalue weighted by Crippen LogP contribution is -2.12. The van der Waals surface area contributed by atoms with E-state index in [1.807, 2.05) is 74.5 Å². The first-order valence-electron chi connectivity index (χ1n) is 10.5. The van der Waals surface area contributed by atoms with E-state index in [2.05, 4.69) is 5.32 Å². The summed E-state index contributed by atoms with van der Waals surface area (Å²) in [6, 6.07) is 19.5. The van der Waals surface area contributed by atoms with Crippen LogP contribution in [0.2, 0.25) is 0 Å². The van der Waals surface area contributed by atoms with Crippen molar-refractivity contribution in [1.29, 1.82) is 0 Å². The minimum absolute atomic E-state index is 0.0322. The molecule has 0 saturated heterocycles. The molecule has 0 radical (unpaired) electrons. The van der Waals surface area contributed by atoms with E-state index < -0.39 is 6.10 Å². The molecule has 0 aliphatic carbocycles. The normalized spacial score (nSPS) is 16.0. The van der Waals surface area contributed by atoms with Crippen LogP contribution in [0.3, 0.4) is 0 Å². The number of carbonyl (C=O) groups excluding carboxylic acids is 2. The van der Waals surface area contributed by atoms with Crippen molar-refractivity contribution in [3.8, 4) is 0 Å². The van der Waals surface area contributed by atoms with Crippen LogP contribution in [-0.4, -0.2) is 23.7 Å². The molecule has 4 nitrogen and oxygen atoms in total. The average molecular weight is 432 g/mol. The van der Waals surface area contributed by atoms with Crippen molar-refractivity contribution in [2.45, 2.75) is 26.4 Å². The van der Waals surface area contributed by atoms with E-state index in [9.17, 15) is 9.59 Å². The fraction of sp³-hybridized carbons (Fsp3) is 0.231. The van der Waals surface area contributed by atoms with E-state index >= 15 is 0 Å². The Labute approximate surface area is 186 Å². The predicted octanol–water partition coefficient (Wildman–Crippen LogP) is 5.52. The number of hydrogen-bond donors (Lipinski definition) is 1. The maximum Gasteiger partial charge on any atom is 0.219 e. The highest BCUT2D eigenvalue weighted by Crippen LogP contribution is 2.41. The molecule has 31 heavy (non-hydrogen) atoms. The van der Waals surface area contributed by atoms with Crippen LogP contribution in [0.25, 0.3) is 16.3 Å². The third-order valence-electron chi connectivity index (χ3n) is 5.57. The zero-order valence-electron chi connectivity index (χ0n) is 17.9. The lowest BCUT2D eigenvalue weighted by atomic mass is 9.89. The van der Waals surface area contributed by atoms with Crippen LogP contribution in [0.15, 0.2) is 66.5 Å². The number of ketones is 1. The molecule has 1 heterocycles. The number of thioether (sulfide) groups is 1. The molecule has 1 aliphatic rings. The summed E-state index contributed by atoms with van der Waals surface area (Å²) < 4.78 is 6.16. The van der Waals surface area contributed by atoms with Crippen molar-refractivity contribution >= 4 is 39.0 Å². The van der Waals surface area contributed by atoms with Crippen molar-refractivity contribution in [3.05, 3.63) is 88.8 Å². The molecule has 1 unspecified atom stereocenters. The van der Waals surface area contributed by atoms with E-state index in [1.165, 1.54) is 11.8 Å². The van der Waals surface area contributed by atoms with Crippen LogP contribution in [-0.2, 0) is 16.0 Å². The first-order chi connectivity index (χ1) is 15.1. The predicted molar refractivity (Wildman–Crippen MR) is 127 cm³/mol. The number of nitrogens with one attached hydrogen (secondary N) is 1. The van der Waals surface area contributed by atoms with Gasteiger partial charge in [-0.3, -0.25) is 9.59 Å². The largest absolute Gasteiger partial charge is 0.462 e. The third-order valence-corrected chi connectivity index (χ3v) is 6.35. The zero-order chi connectivity index (χ0) is 22.0. The maximum atomic E-state index is 13.7. The topological polar surface area (TPSA) is 55.4 Å². The highest BCUT2D eigenvalue weighted by atomic mass is 32.2. The Morgan fingerprint density at radius 1 is 1.03 bits per heavy atom. The van der Waals surface area contributed by atoms with Gasteiger partial charge in [-0.15, -0.1) is 0 Å². The van der Waals surface area contributed by atoms with Gasteiger partial charge in [0.1, 0.15) is 0 Å². The summed E-state index contributed by atoms with van der Waals surface area (Å²) >= 11 is 1.28. The Balaban J connectivity index is 1.82. The summed E-state index contributed by atoms with van der Waals surface area (Å²) in [5, 5.41) is 5.16. The second-order valence-electron chi connectivity index (χ2n) is 7.29. The van der Waals surface area contributed by atoms with Crippen molar-refractivity contribution < 1.29 is 14.3 Å². The number of hydrogen-bond acceptors (Lipinski definition) is 5. The van der Waals surface area contributed by atoms with Gasteiger partial charge < -0.3 is 10.1 Å². The lowest BCUT2D eigenvalue weighted by molar-refractivity contribution is -0.120. The first-order valence-corrected chi connectivity index (χ1v) is 11.5. The summed E-state index contributed by atoms with van der Waals surface area (Å²) in [6.07, 6.45) is -0.0774. The molecule has 0 saturated carbocycles. The second-order valence-corrected chi connectivity index (χ2v) is 8.53. The van der Waals surface area contributed by atoms with Gasteiger partial charge in [0.15, 0.2) is 12.0 Å². The third kappa shape index (κ3) is 3.74.